The maximum atomic E-state index is 5.04. The van der Waals surface area contributed by atoms with Gasteiger partial charge >= 0.3 is 23.1 Å². The Labute approximate surface area is 108 Å². The monoisotopic (exact) mass is 294 g/mol. The molecule has 0 saturated carbocycles. The Morgan fingerprint density at radius 3 is 2.50 bits per heavy atom. The Morgan fingerprint density at radius 2 is 2.00 bits per heavy atom. The average Bonchev–Trinajstić information content (AvgIpc) is 1.97. The van der Waals surface area contributed by atoms with Gasteiger partial charge in [-0.1, -0.05) is 6.08 Å². The molecule has 0 spiro atoms. The molecule has 0 rings (SSSR count). The first-order valence-corrected chi connectivity index (χ1v) is 3.42. The fourth-order valence-electron chi connectivity index (χ4n) is 0.529. The van der Waals surface area contributed by atoms with Crippen LogP contribution in [0.5, 0.6) is 0 Å². The molecule has 12 heavy (non-hydrogen) atoms. The molecule has 4 heteroatoms. The van der Waals surface area contributed by atoms with Gasteiger partial charge in [-0.15, -0.1) is 6.08 Å². The zero-order chi connectivity index (χ0) is 7.66. The molecular weight excluding hydrogens is 279 g/mol. The van der Waals surface area contributed by atoms with E-state index in [1.54, 1.807) is 7.11 Å². The number of rotatable bonds is 6. The fourth-order valence-corrected chi connectivity index (χ4v) is 0.529. The molecule has 2 nitrogen and oxygen atoms in total. The summed E-state index contributed by atoms with van der Waals surface area (Å²) >= 11 is 0. The number of allylic oxidation sites excluding steroid dienone is 1. The molecule has 0 N–H and O–H groups in total. The predicted molar refractivity (Wildman–Crippen MR) is 47.3 cm³/mol. The van der Waals surface area contributed by atoms with E-state index in [1.165, 1.54) is 0 Å². The summed E-state index contributed by atoms with van der Waals surface area (Å²) in [6.07, 6.45) is 5.88. The second-order valence-corrected chi connectivity index (χ2v) is 1.86. The average molecular weight is 294 g/mol. The third-order valence-electron chi connectivity index (χ3n) is 0.963. The molecule has 68 valence electrons. The van der Waals surface area contributed by atoms with Gasteiger partial charge in [0.1, 0.15) is 6.79 Å². The van der Waals surface area contributed by atoms with Crippen LogP contribution in [-0.2, 0) is 9.47 Å². The van der Waals surface area contributed by atoms with Gasteiger partial charge in [-0.05, 0) is 6.42 Å². The van der Waals surface area contributed by atoms with Crippen molar-refractivity contribution in [2.45, 2.75) is 12.8 Å². The largest absolute Gasteiger partial charge is 2.00 e. The molecule has 0 aromatic carbocycles. The zero-order valence-corrected chi connectivity index (χ0v) is 11.2. The summed E-state index contributed by atoms with van der Waals surface area (Å²) in [4.78, 5) is 0. The van der Waals surface area contributed by atoms with Crippen LogP contribution in [0.4, 0.5) is 0 Å². The van der Waals surface area contributed by atoms with Crippen molar-refractivity contribution in [2.75, 3.05) is 20.5 Å². The maximum Gasteiger partial charge on any atom is 2.00 e. The minimum absolute atomic E-state index is 0. The van der Waals surface area contributed by atoms with Crippen LogP contribution in [0.3, 0.4) is 0 Å². The summed E-state index contributed by atoms with van der Waals surface area (Å²) in [5.41, 5.74) is 0. The first-order valence-electron chi connectivity index (χ1n) is 3.42. The van der Waals surface area contributed by atoms with Gasteiger partial charge in [-0.3, -0.25) is 0 Å². The van der Waals surface area contributed by atoms with Crippen molar-refractivity contribution < 1.29 is 33.5 Å². The van der Waals surface area contributed by atoms with Crippen LogP contribution in [0.25, 0.3) is 0 Å². The second kappa shape index (κ2) is 18.0. The Bertz CT molecular complexity index is 89.1. The van der Waals surface area contributed by atoms with E-state index < -0.39 is 0 Å². The van der Waals surface area contributed by atoms with E-state index in [-0.39, 0.29) is 47.0 Å². The van der Waals surface area contributed by atoms with Crippen molar-refractivity contribution in [3.05, 3.63) is 19.1 Å². The van der Waals surface area contributed by atoms with E-state index in [9.17, 15) is 0 Å². The molecule has 0 atom stereocenters. The number of hydrogen-bond acceptors (Lipinski definition) is 2. The molecular formula is C8H15IMgO2. The van der Waals surface area contributed by atoms with Crippen LogP contribution in [-0.4, -0.2) is 43.6 Å². The molecule has 0 aromatic heterocycles. The van der Waals surface area contributed by atoms with Crippen LogP contribution in [0.2, 0.25) is 0 Å². The summed E-state index contributed by atoms with van der Waals surface area (Å²) < 4.78 is 9.73. The van der Waals surface area contributed by atoms with Crippen molar-refractivity contribution >= 4 is 23.1 Å². The molecule has 0 aliphatic carbocycles. The standard InChI is InChI=1S/C8H15O2.HI.Mg/c1-3-4-5-6-7-10-8-9-2;;/h4-5H,1,3,6-8H2,2H3;1H;/q-1;;+2/p-1/b5-4+;;. The molecule has 0 radical (unpaired) electrons. The van der Waals surface area contributed by atoms with Crippen LogP contribution >= 0.6 is 0 Å². The van der Waals surface area contributed by atoms with Gasteiger partial charge in [-0.2, -0.15) is 6.42 Å². The smallest absolute Gasteiger partial charge is 1.00 e. The van der Waals surface area contributed by atoms with Crippen molar-refractivity contribution in [2.24, 2.45) is 0 Å². The van der Waals surface area contributed by atoms with Gasteiger partial charge in [0.2, 0.25) is 0 Å². The van der Waals surface area contributed by atoms with Crippen LogP contribution in [0.15, 0.2) is 12.2 Å². The van der Waals surface area contributed by atoms with E-state index in [0.29, 0.717) is 6.79 Å². The van der Waals surface area contributed by atoms with Crippen molar-refractivity contribution in [3.8, 4) is 0 Å². The van der Waals surface area contributed by atoms with Gasteiger partial charge in [0.05, 0.1) is 6.61 Å². The number of methoxy groups -OCH3 is 1. The topological polar surface area (TPSA) is 18.5 Å². The molecule has 0 unspecified atom stereocenters. The normalized spacial score (nSPS) is 9.17. The Hall–Kier alpha value is 1.16. The summed E-state index contributed by atoms with van der Waals surface area (Å²) in [5.74, 6) is 0. The fraction of sp³-hybridized carbons (Fsp3) is 0.625. The van der Waals surface area contributed by atoms with E-state index in [0.717, 1.165) is 19.4 Å². The van der Waals surface area contributed by atoms with Gasteiger partial charge in [-0.25, -0.2) is 0 Å². The molecule has 0 aromatic rings. The number of halogens is 1. The molecule has 0 aliphatic heterocycles. The van der Waals surface area contributed by atoms with Crippen LogP contribution < -0.4 is 24.0 Å². The van der Waals surface area contributed by atoms with E-state index in [2.05, 4.69) is 17.7 Å². The maximum absolute atomic E-state index is 5.04. The van der Waals surface area contributed by atoms with E-state index >= 15 is 0 Å². The first-order chi connectivity index (χ1) is 4.91. The van der Waals surface area contributed by atoms with Crippen LogP contribution in [0.1, 0.15) is 12.8 Å². The minimum Gasteiger partial charge on any atom is -1.00 e. The van der Waals surface area contributed by atoms with Crippen LogP contribution in [0, 0.1) is 6.92 Å². The zero-order valence-electron chi connectivity index (χ0n) is 7.59. The molecule has 0 heterocycles. The first kappa shape index (κ1) is 18.8. The van der Waals surface area contributed by atoms with Crippen molar-refractivity contribution in [1.82, 2.24) is 0 Å². The summed E-state index contributed by atoms with van der Waals surface area (Å²) in [6, 6.07) is 0. The third-order valence-corrected chi connectivity index (χ3v) is 0.963. The van der Waals surface area contributed by atoms with Gasteiger partial charge in [0.25, 0.3) is 0 Å². The predicted octanol–water partition coefficient (Wildman–Crippen LogP) is -1.60. The van der Waals surface area contributed by atoms with Crippen molar-refractivity contribution in [1.29, 1.82) is 0 Å². The SMILES string of the molecule is [CH2-]C/C=C/CCOCOC.[I-].[Mg+2]. The Morgan fingerprint density at radius 1 is 1.33 bits per heavy atom. The summed E-state index contributed by atoms with van der Waals surface area (Å²) in [6.45, 7) is 4.78. The van der Waals surface area contributed by atoms with E-state index in [4.69, 9.17) is 4.74 Å². The van der Waals surface area contributed by atoms with Gasteiger partial charge in [0.15, 0.2) is 0 Å². The summed E-state index contributed by atoms with van der Waals surface area (Å²) in [7, 11) is 1.62. The Kier molecular flexibility index (Phi) is 28.3. The van der Waals surface area contributed by atoms with Crippen molar-refractivity contribution in [3.63, 3.8) is 0 Å². The third kappa shape index (κ3) is 17.3. The van der Waals surface area contributed by atoms with Gasteiger partial charge < -0.3 is 40.4 Å². The molecule has 0 aliphatic rings. The Balaban J connectivity index is -0.000000405. The van der Waals surface area contributed by atoms with E-state index in [1.807, 2.05) is 6.08 Å². The molecule has 0 saturated heterocycles. The number of hydrogen-bond donors (Lipinski definition) is 0. The molecule has 0 amide bonds. The summed E-state index contributed by atoms with van der Waals surface area (Å²) in [5, 5.41) is 0. The second-order valence-electron chi connectivity index (χ2n) is 1.86. The van der Waals surface area contributed by atoms with Gasteiger partial charge in [0, 0.05) is 7.11 Å². The quantitative estimate of drug-likeness (QED) is 0.147. The number of ether oxygens (including phenoxy) is 2. The molecule has 0 fully saturated rings. The minimum atomic E-state index is 0. The molecule has 0 bridgehead atoms.